The predicted molar refractivity (Wildman–Crippen MR) is 166 cm³/mol. The van der Waals surface area contributed by atoms with Gasteiger partial charge in [0.2, 0.25) is 17.7 Å². The molecule has 3 amide bonds. The number of aliphatic hydroxyl groups is 1. The molecule has 2 aliphatic heterocycles. The van der Waals surface area contributed by atoms with E-state index in [2.05, 4.69) is 16.0 Å². The van der Waals surface area contributed by atoms with Crippen molar-refractivity contribution in [2.75, 3.05) is 19.8 Å². The van der Waals surface area contributed by atoms with Crippen LogP contribution >= 0.6 is 7.60 Å². The summed E-state index contributed by atoms with van der Waals surface area (Å²) < 4.78 is 24.6. The number of allylic oxidation sites excluding steroid dienone is 2. The van der Waals surface area contributed by atoms with Crippen LogP contribution in [-0.4, -0.2) is 60.5 Å². The first-order chi connectivity index (χ1) is 20.5. The van der Waals surface area contributed by atoms with E-state index < -0.39 is 36.8 Å². The predicted octanol–water partition coefficient (Wildman–Crippen LogP) is 4.47. The van der Waals surface area contributed by atoms with E-state index >= 15 is 0 Å². The van der Waals surface area contributed by atoms with Gasteiger partial charge in [-0.25, -0.2) is 0 Å². The topological polar surface area (TPSA) is 143 Å². The van der Waals surface area contributed by atoms with Crippen molar-refractivity contribution < 1.29 is 33.1 Å². The summed E-state index contributed by atoms with van der Waals surface area (Å²) in [5.74, 6) is -2.88. The van der Waals surface area contributed by atoms with Crippen LogP contribution in [0.3, 0.4) is 0 Å². The maximum Gasteiger partial charge on any atom is 0.360 e. The highest BCUT2D eigenvalue weighted by Gasteiger charge is 2.49. The minimum atomic E-state index is -4.09. The van der Waals surface area contributed by atoms with Gasteiger partial charge in [0, 0.05) is 12.5 Å². The average molecular weight is 620 g/mol. The van der Waals surface area contributed by atoms with Crippen molar-refractivity contribution in [3.63, 3.8) is 0 Å². The van der Waals surface area contributed by atoms with Gasteiger partial charge in [-0.2, -0.15) is 0 Å². The first kappa shape index (κ1) is 35.0. The Morgan fingerprint density at radius 1 is 1.02 bits per heavy atom. The van der Waals surface area contributed by atoms with Crippen molar-refractivity contribution in [1.82, 2.24) is 16.0 Å². The lowest BCUT2D eigenvalue weighted by Crippen LogP contribution is -2.55. The number of benzene rings is 1. The van der Waals surface area contributed by atoms with Gasteiger partial charge in [0.25, 0.3) is 0 Å². The van der Waals surface area contributed by atoms with E-state index in [4.69, 9.17) is 9.05 Å². The molecule has 1 fully saturated rings. The molecule has 1 saturated heterocycles. The Morgan fingerprint density at radius 3 is 2.33 bits per heavy atom. The zero-order chi connectivity index (χ0) is 31.5. The molecule has 240 valence electrons. The second-order valence-electron chi connectivity index (χ2n) is 12.1. The fraction of sp³-hybridized carbons (Fsp3) is 0.656. The lowest BCUT2D eigenvalue weighted by Gasteiger charge is -2.36. The first-order valence-electron chi connectivity index (χ1n) is 15.7. The van der Waals surface area contributed by atoms with E-state index in [1.165, 1.54) is 0 Å². The van der Waals surface area contributed by atoms with Crippen LogP contribution < -0.4 is 16.0 Å². The fourth-order valence-electron chi connectivity index (χ4n) is 6.02. The summed E-state index contributed by atoms with van der Waals surface area (Å²) in [6, 6.07) is 7.79. The molecule has 1 spiro atoms. The van der Waals surface area contributed by atoms with Crippen LogP contribution in [0.25, 0.3) is 0 Å². The van der Waals surface area contributed by atoms with Gasteiger partial charge in [0.05, 0.1) is 24.7 Å². The number of carbonyl (C=O) groups excluding carboxylic acids is 3. The maximum absolute atomic E-state index is 13.9. The maximum atomic E-state index is 13.9. The summed E-state index contributed by atoms with van der Waals surface area (Å²) in [5, 5.41) is 20.3. The monoisotopic (exact) mass is 619 g/mol. The highest BCUT2D eigenvalue weighted by atomic mass is 31.2. The van der Waals surface area contributed by atoms with Gasteiger partial charge in [-0.15, -0.1) is 0 Å². The van der Waals surface area contributed by atoms with Crippen LogP contribution in [0.1, 0.15) is 78.2 Å². The molecule has 11 heteroatoms. The molecule has 2 heterocycles. The van der Waals surface area contributed by atoms with Gasteiger partial charge < -0.3 is 30.1 Å². The molecule has 0 saturated carbocycles. The van der Waals surface area contributed by atoms with E-state index in [1.54, 1.807) is 13.8 Å². The molecule has 0 aliphatic carbocycles. The Morgan fingerprint density at radius 2 is 1.72 bits per heavy atom. The van der Waals surface area contributed by atoms with Crippen LogP contribution in [0.2, 0.25) is 0 Å². The van der Waals surface area contributed by atoms with Gasteiger partial charge in [-0.3, -0.25) is 18.9 Å². The molecule has 1 aromatic carbocycles. The third-order valence-electron chi connectivity index (χ3n) is 8.25. The molecule has 0 radical (unpaired) electrons. The Balaban J connectivity index is 2.01. The number of hydrogen-bond donors (Lipinski definition) is 4. The van der Waals surface area contributed by atoms with Crippen LogP contribution in [0, 0.1) is 17.3 Å². The third-order valence-corrected chi connectivity index (χ3v) is 10.5. The zero-order valence-electron chi connectivity index (χ0n) is 26.1. The smallest absolute Gasteiger partial charge is 0.360 e. The Hall–Kier alpha value is -2.52. The molecule has 1 aromatic rings. The van der Waals surface area contributed by atoms with Gasteiger partial charge in [-0.1, -0.05) is 56.3 Å². The van der Waals surface area contributed by atoms with Gasteiger partial charge >= 0.3 is 7.60 Å². The molecule has 10 nitrogen and oxygen atoms in total. The van der Waals surface area contributed by atoms with E-state index in [1.807, 2.05) is 56.3 Å². The van der Waals surface area contributed by atoms with Crippen LogP contribution in [0.5, 0.6) is 0 Å². The summed E-state index contributed by atoms with van der Waals surface area (Å²) in [5.41, 5.74) is 0.117. The van der Waals surface area contributed by atoms with Crippen molar-refractivity contribution in [2.45, 2.75) is 97.0 Å². The van der Waals surface area contributed by atoms with E-state index in [0.717, 1.165) is 18.4 Å². The highest BCUT2D eigenvalue weighted by Crippen LogP contribution is 2.54. The molecular weight excluding hydrogens is 569 g/mol. The second kappa shape index (κ2) is 16.5. The minimum Gasteiger partial charge on any atom is -0.379 e. The van der Waals surface area contributed by atoms with Crippen LogP contribution in [-0.2, 0) is 34.4 Å². The summed E-state index contributed by atoms with van der Waals surface area (Å²) in [7, 11) is -4.09. The SMILES string of the molecule is CCOP(=O)(OCC)C(O)[C@@H]1CC2(C/C=C\CCCC(Cc3ccccc3)C(=O)N[C@@H](CC(C)C)C(=O)N1)CCNC2=O. The third kappa shape index (κ3) is 9.73. The lowest BCUT2D eigenvalue weighted by molar-refractivity contribution is -0.133. The first-order valence-corrected chi connectivity index (χ1v) is 17.3. The number of rotatable bonds is 10. The lowest BCUT2D eigenvalue weighted by atomic mass is 9.77. The Labute approximate surface area is 256 Å². The van der Waals surface area contributed by atoms with Crippen molar-refractivity contribution in [2.24, 2.45) is 17.3 Å². The summed E-state index contributed by atoms with van der Waals surface area (Å²) >= 11 is 0. The molecule has 4 N–H and O–H groups in total. The number of hydrogen-bond acceptors (Lipinski definition) is 7. The molecule has 43 heavy (non-hydrogen) atoms. The zero-order valence-corrected chi connectivity index (χ0v) is 26.9. The molecule has 0 aromatic heterocycles. The number of nitrogens with one attached hydrogen (secondary N) is 3. The largest absolute Gasteiger partial charge is 0.379 e. The summed E-state index contributed by atoms with van der Waals surface area (Å²) in [6.07, 6.45) is 7.96. The standard InChI is InChI=1S/C32H50N3O7P/c1-5-41-43(40,42-6-2)30(38)27-22-32(18-19-33-31(32)39)17-13-8-7-12-16-25(21-24-14-10-9-11-15-24)28(36)34-26(20-23(3)4)29(37)35-27/h8-11,13-15,23,25-27,30,38H,5-7,12,16-22H2,1-4H3,(H,33,39)(H,34,36)(H,35,37)/b13-8-/t25?,26-,27-,30?,32?/m0/s1. The quantitative estimate of drug-likeness (QED) is 0.224. The van der Waals surface area contributed by atoms with Crippen LogP contribution in [0.4, 0.5) is 0 Å². The second-order valence-corrected chi connectivity index (χ2v) is 14.2. The molecule has 3 unspecified atom stereocenters. The van der Waals surface area contributed by atoms with Gasteiger partial charge in [-0.05, 0) is 76.7 Å². The normalized spacial score (nSPS) is 27.6. The van der Waals surface area contributed by atoms with Gasteiger partial charge in [0.15, 0.2) is 5.85 Å². The van der Waals surface area contributed by atoms with Gasteiger partial charge in [0.1, 0.15) is 6.04 Å². The van der Waals surface area contributed by atoms with Crippen molar-refractivity contribution in [3.8, 4) is 0 Å². The highest BCUT2D eigenvalue weighted by molar-refractivity contribution is 7.54. The van der Waals surface area contributed by atoms with Crippen molar-refractivity contribution in [3.05, 3.63) is 48.0 Å². The molecular formula is C32H50N3O7P. The number of aliphatic hydroxyl groups excluding tert-OH is 1. The van der Waals surface area contributed by atoms with Crippen molar-refractivity contribution >= 4 is 25.3 Å². The van der Waals surface area contributed by atoms with E-state index in [0.29, 0.717) is 38.6 Å². The Bertz CT molecular complexity index is 1140. The van der Waals surface area contributed by atoms with Crippen molar-refractivity contribution in [1.29, 1.82) is 0 Å². The summed E-state index contributed by atoms with van der Waals surface area (Å²) in [6.45, 7) is 7.73. The minimum absolute atomic E-state index is 0.0260. The molecule has 3 rings (SSSR count). The van der Waals surface area contributed by atoms with E-state index in [9.17, 15) is 24.1 Å². The number of amides is 3. The molecule has 5 atom stereocenters. The fourth-order valence-corrected chi connectivity index (χ4v) is 7.74. The average Bonchev–Trinajstić information content (AvgIpc) is 3.32. The number of carbonyl (C=O) groups is 3. The molecule has 2 aliphatic rings. The van der Waals surface area contributed by atoms with E-state index in [-0.39, 0.29) is 43.3 Å². The Kier molecular flexibility index (Phi) is 13.4. The van der Waals surface area contributed by atoms with Crippen LogP contribution in [0.15, 0.2) is 42.5 Å². The summed E-state index contributed by atoms with van der Waals surface area (Å²) in [4.78, 5) is 40.8. The molecule has 0 bridgehead atoms.